The van der Waals surface area contributed by atoms with E-state index >= 15 is 0 Å². The van der Waals surface area contributed by atoms with Crippen LogP contribution in [0.15, 0.2) is 18.2 Å². The van der Waals surface area contributed by atoms with Crippen LogP contribution < -0.4 is 5.32 Å². The molecule has 2 nitrogen and oxygen atoms in total. The number of anilines is 1. The summed E-state index contributed by atoms with van der Waals surface area (Å²) in [4.78, 5) is 12.5. The molecule has 0 aliphatic rings. The Morgan fingerprint density at radius 3 is 2.15 bits per heavy atom. The monoisotopic (exact) mass is 275 g/mol. The fraction of sp³-hybridized carbons (Fsp3) is 0.611. The van der Waals surface area contributed by atoms with Gasteiger partial charge in [0.15, 0.2) is 0 Å². The minimum atomic E-state index is 0.143. The molecule has 1 rings (SSSR count). The fourth-order valence-corrected chi connectivity index (χ4v) is 2.60. The second-order valence-corrected chi connectivity index (χ2v) is 5.40. The minimum absolute atomic E-state index is 0.143. The van der Waals surface area contributed by atoms with Gasteiger partial charge in [-0.05, 0) is 36.8 Å². The molecule has 20 heavy (non-hydrogen) atoms. The summed E-state index contributed by atoms with van der Waals surface area (Å²) in [5.74, 6) is 0.334. The first-order valence-electron chi connectivity index (χ1n) is 8.09. The molecule has 0 aliphatic carbocycles. The summed E-state index contributed by atoms with van der Waals surface area (Å²) < 4.78 is 0. The number of rotatable bonds is 8. The molecule has 0 heterocycles. The molecule has 112 valence electrons. The summed E-state index contributed by atoms with van der Waals surface area (Å²) in [6.45, 7) is 8.55. The van der Waals surface area contributed by atoms with Gasteiger partial charge in [0.1, 0.15) is 0 Å². The lowest BCUT2D eigenvalue weighted by Gasteiger charge is -2.18. The van der Waals surface area contributed by atoms with E-state index in [2.05, 4.69) is 51.2 Å². The van der Waals surface area contributed by atoms with Gasteiger partial charge in [-0.3, -0.25) is 4.79 Å². The van der Waals surface area contributed by atoms with Crippen LogP contribution in [0.3, 0.4) is 0 Å². The van der Waals surface area contributed by atoms with Crippen LogP contribution in [-0.2, 0) is 17.6 Å². The van der Waals surface area contributed by atoms with Crippen molar-refractivity contribution in [2.24, 2.45) is 5.92 Å². The average molecular weight is 275 g/mol. The Kier molecular flexibility index (Phi) is 7.35. The van der Waals surface area contributed by atoms with Crippen molar-refractivity contribution in [2.75, 3.05) is 5.32 Å². The van der Waals surface area contributed by atoms with E-state index in [0.29, 0.717) is 0 Å². The maximum Gasteiger partial charge on any atom is 0.227 e. The predicted octanol–water partition coefficient (Wildman–Crippen LogP) is 4.97. The lowest BCUT2D eigenvalue weighted by atomic mass is 9.97. The first-order valence-corrected chi connectivity index (χ1v) is 8.09. The molecule has 0 aliphatic heterocycles. The molecule has 0 aromatic heterocycles. The molecule has 2 heteroatoms. The summed E-state index contributed by atoms with van der Waals surface area (Å²) in [6.07, 6.45) is 6.10. The number of carbonyl (C=O) groups is 1. The second-order valence-electron chi connectivity index (χ2n) is 5.40. The Morgan fingerprint density at radius 1 is 1.10 bits per heavy atom. The highest BCUT2D eigenvalue weighted by atomic mass is 16.1. The van der Waals surface area contributed by atoms with Crippen LogP contribution in [0.1, 0.15) is 64.5 Å². The third-order valence-corrected chi connectivity index (χ3v) is 4.02. The molecule has 0 saturated carbocycles. The van der Waals surface area contributed by atoms with Crippen LogP contribution in [-0.4, -0.2) is 5.91 Å². The van der Waals surface area contributed by atoms with Gasteiger partial charge in [-0.1, -0.05) is 58.7 Å². The molecular weight excluding hydrogens is 246 g/mol. The number of nitrogens with one attached hydrogen (secondary N) is 1. The molecule has 0 radical (unpaired) electrons. The van der Waals surface area contributed by atoms with Crippen LogP contribution in [0.5, 0.6) is 0 Å². The third kappa shape index (κ3) is 4.36. The van der Waals surface area contributed by atoms with Crippen molar-refractivity contribution in [2.45, 2.75) is 66.2 Å². The molecule has 0 saturated heterocycles. The first-order chi connectivity index (χ1) is 9.67. The van der Waals surface area contributed by atoms with E-state index in [4.69, 9.17) is 0 Å². The highest BCUT2D eigenvalue weighted by Gasteiger charge is 2.18. The third-order valence-electron chi connectivity index (χ3n) is 4.02. The summed E-state index contributed by atoms with van der Waals surface area (Å²) in [5, 5.41) is 3.20. The fourth-order valence-electron chi connectivity index (χ4n) is 2.60. The molecule has 1 aromatic carbocycles. The zero-order chi connectivity index (χ0) is 15.0. The van der Waals surface area contributed by atoms with Crippen molar-refractivity contribution in [3.05, 3.63) is 29.3 Å². The van der Waals surface area contributed by atoms with Crippen LogP contribution >= 0.6 is 0 Å². The number of benzene rings is 1. The Labute approximate surface area is 124 Å². The molecule has 1 N–H and O–H groups in total. The Morgan fingerprint density at radius 2 is 1.70 bits per heavy atom. The standard InChI is InChI=1S/C18H29NO/c1-5-9-11-16(8-4)18(20)19-17-14(6-2)12-10-13-15(17)7-3/h10,12-13,16H,5-9,11H2,1-4H3,(H,19,20)/t16-/m0/s1. The summed E-state index contributed by atoms with van der Waals surface area (Å²) in [6, 6.07) is 6.31. The van der Waals surface area contributed by atoms with Gasteiger partial charge in [0, 0.05) is 11.6 Å². The van der Waals surface area contributed by atoms with Gasteiger partial charge in [-0.2, -0.15) is 0 Å². The van der Waals surface area contributed by atoms with Crippen molar-refractivity contribution in [1.82, 2.24) is 0 Å². The first kappa shape index (κ1) is 16.7. The Hall–Kier alpha value is -1.31. The van der Waals surface area contributed by atoms with Crippen LogP contribution in [0.2, 0.25) is 0 Å². The molecule has 0 unspecified atom stereocenters. The topological polar surface area (TPSA) is 29.1 Å². The maximum absolute atomic E-state index is 12.5. The lowest BCUT2D eigenvalue weighted by Crippen LogP contribution is -2.23. The number of carbonyl (C=O) groups excluding carboxylic acids is 1. The number of unbranched alkanes of at least 4 members (excludes halogenated alkanes) is 1. The average Bonchev–Trinajstić information content (AvgIpc) is 2.48. The van der Waals surface area contributed by atoms with E-state index < -0.39 is 0 Å². The molecule has 1 atom stereocenters. The van der Waals surface area contributed by atoms with E-state index in [0.717, 1.165) is 44.2 Å². The largest absolute Gasteiger partial charge is 0.325 e. The molecular formula is C18H29NO. The maximum atomic E-state index is 12.5. The van der Waals surface area contributed by atoms with Gasteiger partial charge in [-0.25, -0.2) is 0 Å². The van der Waals surface area contributed by atoms with Gasteiger partial charge < -0.3 is 5.32 Å². The second kappa shape index (κ2) is 8.78. The summed E-state index contributed by atoms with van der Waals surface area (Å²) >= 11 is 0. The van der Waals surface area contributed by atoms with E-state index in [9.17, 15) is 4.79 Å². The smallest absolute Gasteiger partial charge is 0.227 e. The zero-order valence-corrected chi connectivity index (χ0v) is 13.5. The van der Waals surface area contributed by atoms with Crippen molar-refractivity contribution < 1.29 is 4.79 Å². The van der Waals surface area contributed by atoms with E-state index in [1.165, 1.54) is 11.1 Å². The highest BCUT2D eigenvalue weighted by molar-refractivity contribution is 5.94. The molecule has 0 spiro atoms. The summed E-state index contributed by atoms with van der Waals surface area (Å²) in [7, 11) is 0. The van der Waals surface area contributed by atoms with Crippen LogP contribution in [0.25, 0.3) is 0 Å². The number of hydrogen-bond acceptors (Lipinski definition) is 1. The molecule has 1 aromatic rings. The van der Waals surface area contributed by atoms with Gasteiger partial charge in [0.05, 0.1) is 0 Å². The van der Waals surface area contributed by atoms with Gasteiger partial charge in [-0.15, -0.1) is 0 Å². The molecule has 0 fully saturated rings. The SMILES string of the molecule is CCCC[C@H](CC)C(=O)Nc1c(CC)cccc1CC. The quantitative estimate of drug-likeness (QED) is 0.713. The van der Waals surface area contributed by atoms with Crippen molar-refractivity contribution in [1.29, 1.82) is 0 Å². The lowest BCUT2D eigenvalue weighted by molar-refractivity contribution is -0.120. The normalized spacial score (nSPS) is 12.2. The number of aryl methyl sites for hydroxylation is 2. The van der Waals surface area contributed by atoms with Crippen molar-refractivity contribution in [3.63, 3.8) is 0 Å². The molecule has 1 amide bonds. The van der Waals surface area contributed by atoms with Crippen LogP contribution in [0.4, 0.5) is 5.69 Å². The number of para-hydroxylation sites is 1. The predicted molar refractivity (Wildman–Crippen MR) is 87.1 cm³/mol. The Balaban J connectivity index is 2.88. The van der Waals surface area contributed by atoms with Crippen LogP contribution in [0, 0.1) is 5.92 Å². The van der Waals surface area contributed by atoms with Gasteiger partial charge >= 0.3 is 0 Å². The number of hydrogen-bond donors (Lipinski definition) is 1. The zero-order valence-electron chi connectivity index (χ0n) is 13.5. The van der Waals surface area contributed by atoms with E-state index in [1.54, 1.807) is 0 Å². The van der Waals surface area contributed by atoms with Crippen molar-refractivity contribution in [3.8, 4) is 0 Å². The minimum Gasteiger partial charge on any atom is -0.325 e. The van der Waals surface area contributed by atoms with Gasteiger partial charge in [0.2, 0.25) is 5.91 Å². The summed E-state index contributed by atoms with van der Waals surface area (Å²) in [5.41, 5.74) is 3.53. The number of amides is 1. The van der Waals surface area contributed by atoms with Crippen molar-refractivity contribution >= 4 is 11.6 Å². The highest BCUT2D eigenvalue weighted by Crippen LogP contribution is 2.24. The molecule has 0 bridgehead atoms. The van der Waals surface area contributed by atoms with E-state index in [1.807, 2.05) is 0 Å². The van der Waals surface area contributed by atoms with Gasteiger partial charge in [0.25, 0.3) is 0 Å². The van der Waals surface area contributed by atoms with E-state index in [-0.39, 0.29) is 11.8 Å². The Bertz CT molecular complexity index is 403.